The van der Waals surface area contributed by atoms with Crippen LogP contribution in [0.15, 0.2) is 116 Å². The molecular formula is C31H26F2N4O3. The van der Waals surface area contributed by atoms with Crippen LogP contribution in [0.25, 0.3) is 5.52 Å². The molecule has 1 aliphatic heterocycles. The van der Waals surface area contributed by atoms with Gasteiger partial charge in [0, 0.05) is 0 Å². The maximum absolute atomic E-state index is 14.9. The van der Waals surface area contributed by atoms with Gasteiger partial charge in [-0.3, -0.25) is 0 Å². The van der Waals surface area contributed by atoms with Gasteiger partial charge < -0.3 is 19.9 Å². The second kappa shape index (κ2) is 9.77. The van der Waals surface area contributed by atoms with Crippen molar-refractivity contribution in [2.24, 2.45) is 0 Å². The minimum Gasteiger partial charge on any atom is -0.497 e. The van der Waals surface area contributed by atoms with Crippen LogP contribution in [0.2, 0.25) is 0 Å². The summed E-state index contributed by atoms with van der Waals surface area (Å²) in [6.07, 6.45) is -2.57. The predicted octanol–water partition coefficient (Wildman–Crippen LogP) is 5.72. The molecule has 5 aromatic rings. The Labute approximate surface area is 229 Å². The van der Waals surface area contributed by atoms with Crippen LogP contribution in [-0.2, 0) is 10.3 Å². The number of ether oxygens (including phenoxy) is 2. The standard InChI is InChI=1S/C31H26F2N4O3/c1-20-27(38)31(32,33)28(40-20)25-17-18-26-29(34-19-35-37(25)26)36-30(21-9-5-3-6-10-21,22-11-7-4-8-12-22)23-13-15-24(39-2)16-14-23/h3-19,27-28,38H,1H2,2H3,(H,34,35,36)/t27-,28+/m1/s1. The average Bonchev–Trinajstić information content (AvgIpc) is 3.51. The minimum atomic E-state index is -3.58. The van der Waals surface area contributed by atoms with Gasteiger partial charge in [-0.2, -0.15) is 13.9 Å². The lowest BCUT2D eigenvalue weighted by molar-refractivity contribution is -0.114. The van der Waals surface area contributed by atoms with E-state index in [0.29, 0.717) is 17.1 Å². The Morgan fingerprint density at radius 1 is 0.925 bits per heavy atom. The Balaban J connectivity index is 1.55. The van der Waals surface area contributed by atoms with Crippen LogP contribution >= 0.6 is 0 Å². The average molecular weight is 541 g/mol. The quantitative estimate of drug-likeness (QED) is 0.257. The van der Waals surface area contributed by atoms with Gasteiger partial charge >= 0.3 is 5.92 Å². The summed E-state index contributed by atoms with van der Waals surface area (Å²) in [6, 6.07) is 30.7. The number of hydrogen-bond donors (Lipinski definition) is 2. The lowest BCUT2D eigenvalue weighted by atomic mass is 9.77. The molecule has 1 aliphatic rings. The third-order valence-corrected chi connectivity index (χ3v) is 7.28. The lowest BCUT2D eigenvalue weighted by Crippen LogP contribution is -2.38. The van der Waals surface area contributed by atoms with Gasteiger partial charge in [0.2, 0.25) is 6.10 Å². The number of aliphatic hydroxyl groups excluding tert-OH is 1. The van der Waals surface area contributed by atoms with E-state index in [9.17, 15) is 13.9 Å². The molecule has 9 heteroatoms. The van der Waals surface area contributed by atoms with Gasteiger partial charge in [-0.15, -0.1) is 0 Å². The fourth-order valence-corrected chi connectivity index (χ4v) is 5.27. The predicted molar refractivity (Wildman–Crippen MR) is 146 cm³/mol. The Kier molecular flexibility index (Phi) is 6.23. The molecule has 0 aliphatic carbocycles. The second-order valence-corrected chi connectivity index (χ2v) is 9.54. The van der Waals surface area contributed by atoms with E-state index in [-0.39, 0.29) is 11.5 Å². The van der Waals surface area contributed by atoms with Crippen LogP contribution in [0.3, 0.4) is 0 Å². The largest absolute Gasteiger partial charge is 0.497 e. The molecule has 202 valence electrons. The number of aliphatic hydroxyl groups is 1. The third kappa shape index (κ3) is 3.97. The van der Waals surface area contributed by atoms with E-state index in [1.54, 1.807) is 13.2 Å². The molecule has 40 heavy (non-hydrogen) atoms. The number of nitrogens with one attached hydrogen (secondary N) is 1. The number of aromatic nitrogens is 3. The monoisotopic (exact) mass is 540 g/mol. The fraction of sp³-hybridized carbons (Fsp3) is 0.161. The van der Waals surface area contributed by atoms with Gasteiger partial charge in [-0.05, 0) is 41.0 Å². The number of benzene rings is 3. The molecule has 3 heterocycles. The number of nitrogens with zero attached hydrogens (tertiary/aromatic N) is 3. The zero-order valence-electron chi connectivity index (χ0n) is 21.5. The molecule has 3 aromatic carbocycles. The van der Waals surface area contributed by atoms with E-state index in [1.807, 2.05) is 84.9 Å². The zero-order chi connectivity index (χ0) is 27.9. The first-order chi connectivity index (χ1) is 19.4. The number of halogens is 2. The summed E-state index contributed by atoms with van der Waals surface area (Å²) in [4.78, 5) is 4.55. The molecule has 7 nitrogen and oxygen atoms in total. The van der Waals surface area contributed by atoms with Gasteiger partial charge in [-0.25, -0.2) is 9.50 Å². The molecule has 0 radical (unpaired) electrons. The van der Waals surface area contributed by atoms with Gasteiger partial charge in [0.15, 0.2) is 11.9 Å². The van der Waals surface area contributed by atoms with Crippen molar-refractivity contribution in [2.75, 3.05) is 12.4 Å². The lowest BCUT2D eigenvalue weighted by Gasteiger charge is -2.37. The normalized spacial score (nSPS) is 18.4. The summed E-state index contributed by atoms with van der Waals surface area (Å²) >= 11 is 0. The maximum Gasteiger partial charge on any atom is 0.322 e. The van der Waals surface area contributed by atoms with Crippen molar-refractivity contribution in [1.82, 2.24) is 14.6 Å². The summed E-state index contributed by atoms with van der Waals surface area (Å²) in [7, 11) is 1.61. The highest BCUT2D eigenvalue weighted by molar-refractivity contribution is 5.72. The van der Waals surface area contributed by atoms with Crippen molar-refractivity contribution in [3.05, 3.63) is 138 Å². The first-order valence-corrected chi connectivity index (χ1v) is 12.6. The number of methoxy groups -OCH3 is 1. The highest BCUT2D eigenvalue weighted by Crippen LogP contribution is 2.47. The van der Waals surface area contributed by atoms with Crippen molar-refractivity contribution in [2.45, 2.75) is 23.7 Å². The van der Waals surface area contributed by atoms with E-state index in [2.05, 4.69) is 22.0 Å². The summed E-state index contributed by atoms with van der Waals surface area (Å²) in [5, 5.41) is 17.9. The van der Waals surface area contributed by atoms with Crippen LogP contribution in [0.4, 0.5) is 14.6 Å². The second-order valence-electron chi connectivity index (χ2n) is 9.54. The van der Waals surface area contributed by atoms with Crippen molar-refractivity contribution < 1.29 is 23.4 Å². The van der Waals surface area contributed by atoms with Crippen LogP contribution < -0.4 is 10.1 Å². The van der Waals surface area contributed by atoms with Crippen molar-refractivity contribution in [3.8, 4) is 5.75 Å². The number of fused-ring (bicyclic) bond motifs is 1. The molecular weight excluding hydrogens is 514 g/mol. The Morgan fingerprint density at radius 3 is 2.08 bits per heavy atom. The summed E-state index contributed by atoms with van der Waals surface area (Å²) in [6.45, 7) is 3.43. The SMILES string of the molecule is C=C1O[C@@H](c2ccc3c(NC(c4ccccc4)(c4ccccc4)c4ccc(OC)cc4)ncnn23)C(F)(F)[C@@H]1O. The molecule has 1 saturated heterocycles. The minimum absolute atomic E-state index is 0.0672. The molecule has 0 amide bonds. The van der Waals surface area contributed by atoms with E-state index >= 15 is 0 Å². The Bertz CT molecular complexity index is 1620. The molecule has 0 bridgehead atoms. The third-order valence-electron chi connectivity index (χ3n) is 7.28. The number of alkyl halides is 2. The van der Waals surface area contributed by atoms with Gasteiger partial charge in [-0.1, -0.05) is 79.4 Å². The first kappa shape index (κ1) is 25.5. The topological polar surface area (TPSA) is 80.9 Å². The highest BCUT2D eigenvalue weighted by atomic mass is 19.3. The number of rotatable bonds is 7. The van der Waals surface area contributed by atoms with Gasteiger partial charge in [0.1, 0.15) is 28.9 Å². The number of hydrogen-bond acceptors (Lipinski definition) is 6. The van der Waals surface area contributed by atoms with E-state index in [4.69, 9.17) is 9.47 Å². The molecule has 0 unspecified atom stereocenters. The van der Waals surface area contributed by atoms with E-state index in [0.717, 1.165) is 16.7 Å². The first-order valence-electron chi connectivity index (χ1n) is 12.6. The summed E-state index contributed by atoms with van der Waals surface area (Å²) in [5.41, 5.74) is 2.34. The molecule has 2 aromatic heterocycles. The Morgan fingerprint density at radius 2 is 1.52 bits per heavy atom. The van der Waals surface area contributed by atoms with Gasteiger partial charge in [0.25, 0.3) is 0 Å². The summed E-state index contributed by atoms with van der Waals surface area (Å²) in [5.74, 6) is -2.85. The molecule has 0 spiro atoms. The molecule has 0 saturated carbocycles. The number of anilines is 1. The van der Waals surface area contributed by atoms with E-state index < -0.39 is 23.7 Å². The van der Waals surface area contributed by atoms with Crippen molar-refractivity contribution >= 4 is 11.3 Å². The molecule has 1 fully saturated rings. The van der Waals surface area contributed by atoms with Crippen LogP contribution in [0, 0.1) is 0 Å². The smallest absolute Gasteiger partial charge is 0.322 e. The zero-order valence-corrected chi connectivity index (χ0v) is 21.5. The molecule has 6 rings (SSSR count). The molecule has 2 atom stereocenters. The Hall–Kier alpha value is -4.76. The van der Waals surface area contributed by atoms with Gasteiger partial charge in [0.05, 0.1) is 12.8 Å². The maximum atomic E-state index is 14.9. The molecule has 2 N–H and O–H groups in total. The fourth-order valence-electron chi connectivity index (χ4n) is 5.27. The van der Waals surface area contributed by atoms with Crippen LogP contribution in [-0.4, -0.2) is 38.8 Å². The summed E-state index contributed by atoms with van der Waals surface area (Å²) < 4.78 is 41.9. The van der Waals surface area contributed by atoms with Crippen LogP contribution in [0.5, 0.6) is 5.75 Å². The van der Waals surface area contributed by atoms with Crippen LogP contribution in [0.1, 0.15) is 28.5 Å². The van der Waals surface area contributed by atoms with Crippen molar-refractivity contribution in [1.29, 1.82) is 0 Å². The van der Waals surface area contributed by atoms with Crippen molar-refractivity contribution in [3.63, 3.8) is 0 Å². The van der Waals surface area contributed by atoms with E-state index in [1.165, 1.54) is 16.9 Å². The highest BCUT2D eigenvalue weighted by Gasteiger charge is 2.58.